The van der Waals surface area contributed by atoms with Crippen molar-refractivity contribution in [2.24, 2.45) is 5.73 Å². The third-order valence-electron chi connectivity index (χ3n) is 4.84. The summed E-state index contributed by atoms with van der Waals surface area (Å²) in [5, 5.41) is 0. The summed E-state index contributed by atoms with van der Waals surface area (Å²) >= 11 is 0. The second-order valence-electron chi connectivity index (χ2n) is 7.39. The third kappa shape index (κ3) is 3.02. The lowest BCUT2D eigenvalue weighted by Gasteiger charge is -2.42. The fraction of sp³-hybridized carbons (Fsp3) is 0.667. The van der Waals surface area contributed by atoms with E-state index in [2.05, 4.69) is 45.9 Å². The maximum atomic E-state index is 5.58. The maximum Gasteiger partial charge on any atom is -0.00772 e. The Bertz CT molecular complexity index is 443. The molecule has 0 atom stereocenters. The van der Waals surface area contributed by atoms with E-state index in [1.165, 1.54) is 31.2 Å². The molecule has 2 rings (SSSR count). The molecular weight excluding hydrogens is 230 g/mol. The molecular formula is C18H29N. The lowest BCUT2D eigenvalue weighted by molar-refractivity contribution is 0.331. The minimum Gasteiger partial charge on any atom is -0.330 e. The highest BCUT2D eigenvalue weighted by atomic mass is 14.5. The number of aryl methyl sites for hydroxylation is 1. The average Bonchev–Trinajstić information content (AvgIpc) is 2.36. The van der Waals surface area contributed by atoms with Crippen LogP contribution in [0.15, 0.2) is 18.2 Å². The Kier molecular flexibility index (Phi) is 4.06. The molecule has 1 aromatic carbocycles. The molecule has 0 heterocycles. The van der Waals surface area contributed by atoms with Crippen LogP contribution in [0.5, 0.6) is 0 Å². The molecule has 0 spiro atoms. The van der Waals surface area contributed by atoms with E-state index in [0.29, 0.717) is 10.8 Å². The van der Waals surface area contributed by atoms with E-state index in [0.717, 1.165) is 13.0 Å². The number of hydrogen-bond acceptors (Lipinski definition) is 1. The Morgan fingerprint density at radius 1 is 0.947 bits per heavy atom. The summed E-state index contributed by atoms with van der Waals surface area (Å²) in [7, 11) is 0. The number of hydrogen-bond donors (Lipinski definition) is 1. The van der Waals surface area contributed by atoms with Crippen molar-refractivity contribution in [3.8, 4) is 0 Å². The second-order valence-corrected chi connectivity index (χ2v) is 7.39. The molecule has 0 fully saturated rings. The second kappa shape index (κ2) is 5.28. The van der Waals surface area contributed by atoms with E-state index in [-0.39, 0.29) is 0 Å². The van der Waals surface area contributed by atoms with E-state index < -0.39 is 0 Å². The summed E-state index contributed by atoms with van der Waals surface area (Å²) in [5.74, 6) is 0. The molecule has 0 unspecified atom stereocenters. The van der Waals surface area contributed by atoms with Crippen LogP contribution in [-0.2, 0) is 17.3 Å². The lowest BCUT2D eigenvalue weighted by Crippen LogP contribution is -2.33. The van der Waals surface area contributed by atoms with Gasteiger partial charge in [0.25, 0.3) is 0 Å². The monoisotopic (exact) mass is 259 g/mol. The molecule has 0 aliphatic heterocycles. The predicted molar refractivity (Wildman–Crippen MR) is 83.7 cm³/mol. The molecule has 0 saturated heterocycles. The minimum atomic E-state index is 0.328. The smallest absolute Gasteiger partial charge is 0.00772 e. The minimum absolute atomic E-state index is 0.328. The first-order valence-corrected chi connectivity index (χ1v) is 7.71. The van der Waals surface area contributed by atoms with E-state index >= 15 is 0 Å². The standard InChI is InChI=1S/C18H29N/c1-17(2)10-11-18(3,4)16-13-14(7-5-6-12-19)8-9-15(16)17/h8-9,13H,5-7,10-12,19H2,1-4H3. The molecule has 1 nitrogen and oxygen atoms in total. The summed E-state index contributed by atoms with van der Waals surface area (Å²) in [6.45, 7) is 10.4. The highest BCUT2D eigenvalue weighted by molar-refractivity contribution is 5.43. The van der Waals surface area contributed by atoms with Crippen molar-refractivity contribution in [3.05, 3.63) is 34.9 Å². The molecule has 0 bridgehead atoms. The van der Waals surface area contributed by atoms with Gasteiger partial charge in [0.05, 0.1) is 0 Å². The van der Waals surface area contributed by atoms with Gasteiger partial charge in [0.1, 0.15) is 0 Å². The normalized spacial score (nSPS) is 20.1. The Morgan fingerprint density at radius 3 is 2.21 bits per heavy atom. The first-order valence-electron chi connectivity index (χ1n) is 7.71. The van der Waals surface area contributed by atoms with Crippen molar-refractivity contribution in [3.63, 3.8) is 0 Å². The molecule has 1 aliphatic rings. The van der Waals surface area contributed by atoms with Crippen LogP contribution in [0.4, 0.5) is 0 Å². The zero-order valence-corrected chi connectivity index (χ0v) is 13.1. The zero-order valence-electron chi connectivity index (χ0n) is 13.1. The topological polar surface area (TPSA) is 26.0 Å². The van der Waals surface area contributed by atoms with E-state index in [4.69, 9.17) is 5.73 Å². The third-order valence-corrected chi connectivity index (χ3v) is 4.84. The molecule has 106 valence electrons. The molecule has 1 aliphatic carbocycles. The highest BCUT2D eigenvalue weighted by Crippen LogP contribution is 2.45. The van der Waals surface area contributed by atoms with Crippen molar-refractivity contribution in [2.75, 3.05) is 6.54 Å². The SMILES string of the molecule is CC1(C)CCC(C)(C)c2cc(CCCCN)ccc21. The van der Waals surface area contributed by atoms with Gasteiger partial charge in [-0.2, -0.15) is 0 Å². The van der Waals surface area contributed by atoms with Crippen LogP contribution in [0, 0.1) is 0 Å². The summed E-state index contributed by atoms with van der Waals surface area (Å²) < 4.78 is 0. The van der Waals surface area contributed by atoms with Gasteiger partial charge in [-0.15, -0.1) is 0 Å². The summed E-state index contributed by atoms with van der Waals surface area (Å²) in [6.07, 6.45) is 6.09. The zero-order chi connectivity index (χ0) is 14.1. The highest BCUT2D eigenvalue weighted by Gasteiger charge is 2.36. The van der Waals surface area contributed by atoms with Crippen LogP contribution in [0.1, 0.15) is 70.1 Å². The van der Waals surface area contributed by atoms with Crippen molar-refractivity contribution < 1.29 is 0 Å². The fourth-order valence-electron chi connectivity index (χ4n) is 3.26. The Balaban J connectivity index is 2.31. The van der Waals surface area contributed by atoms with Crippen molar-refractivity contribution in [1.82, 2.24) is 0 Å². The van der Waals surface area contributed by atoms with Gasteiger partial charge in [0, 0.05) is 0 Å². The molecule has 0 radical (unpaired) electrons. The fourth-order valence-corrected chi connectivity index (χ4v) is 3.26. The van der Waals surface area contributed by atoms with E-state index in [1.54, 1.807) is 11.1 Å². The number of unbranched alkanes of at least 4 members (excludes halogenated alkanes) is 1. The summed E-state index contributed by atoms with van der Waals surface area (Å²) in [4.78, 5) is 0. The average molecular weight is 259 g/mol. The summed E-state index contributed by atoms with van der Waals surface area (Å²) in [5.41, 5.74) is 10.9. The number of benzene rings is 1. The van der Waals surface area contributed by atoms with Crippen molar-refractivity contribution >= 4 is 0 Å². The van der Waals surface area contributed by atoms with E-state index in [1.807, 2.05) is 0 Å². The van der Waals surface area contributed by atoms with Crippen LogP contribution in [0.25, 0.3) is 0 Å². The lowest BCUT2D eigenvalue weighted by atomic mass is 9.63. The molecule has 1 aromatic rings. The van der Waals surface area contributed by atoms with Crippen LogP contribution in [-0.4, -0.2) is 6.54 Å². The van der Waals surface area contributed by atoms with Gasteiger partial charge in [0.15, 0.2) is 0 Å². The quantitative estimate of drug-likeness (QED) is 0.801. The van der Waals surface area contributed by atoms with Gasteiger partial charge < -0.3 is 5.73 Å². The van der Waals surface area contributed by atoms with Crippen LogP contribution < -0.4 is 5.73 Å². The largest absolute Gasteiger partial charge is 0.330 e. The molecule has 0 saturated carbocycles. The van der Waals surface area contributed by atoms with Gasteiger partial charge >= 0.3 is 0 Å². The molecule has 0 aromatic heterocycles. The number of nitrogens with two attached hydrogens (primary N) is 1. The van der Waals surface area contributed by atoms with E-state index in [9.17, 15) is 0 Å². The van der Waals surface area contributed by atoms with Crippen LogP contribution >= 0.6 is 0 Å². The van der Waals surface area contributed by atoms with Gasteiger partial charge in [-0.25, -0.2) is 0 Å². The number of rotatable bonds is 4. The van der Waals surface area contributed by atoms with Crippen molar-refractivity contribution in [2.45, 2.75) is 70.6 Å². The summed E-state index contributed by atoms with van der Waals surface area (Å²) in [6, 6.07) is 7.18. The molecule has 19 heavy (non-hydrogen) atoms. The van der Waals surface area contributed by atoms with Gasteiger partial charge in [-0.3, -0.25) is 0 Å². The predicted octanol–water partition coefficient (Wildman–Crippen LogP) is 4.32. The van der Waals surface area contributed by atoms with Crippen molar-refractivity contribution in [1.29, 1.82) is 0 Å². The maximum absolute atomic E-state index is 5.58. The Hall–Kier alpha value is -0.820. The molecule has 0 amide bonds. The van der Waals surface area contributed by atoms with Gasteiger partial charge in [-0.05, 0) is 66.2 Å². The first kappa shape index (κ1) is 14.6. The first-order chi connectivity index (χ1) is 8.87. The molecule has 1 heteroatoms. The van der Waals surface area contributed by atoms with Gasteiger partial charge in [-0.1, -0.05) is 45.9 Å². The Labute approximate surface area is 118 Å². The molecule has 2 N–H and O–H groups in total. The number of fused-ring (bicyclic) bond motifs is 1. The van der Waals surface area contributed by atoms with Gasteiger partial charge in [0.2, 0.25) is 0 Å². The van der Waals surface area contributed by atoms with Crippen LogP contribution in [0.3, 0.4) is 0 Å². The van der Waals surface area contributed by atoms with Crippen LogP contribution in [0.2, 0.25) is 0 Å². The Morgan fingerprint density at radius 2 is 1.58 bits per heavy atom.